The lowest BCUT2D eigenvalue weighted by Gasteiger charge is -2.08. The number of fused-ring (bicyclic) bond motifs is 1. The van der Waals surface area contributed by atoms with Crippen LogP contribution >= 0.6 is 0 Å². The Kier molecular flexibility index (Phi) is 3.39. The van der Waals surface area contributed by atoms with Gasteiger partial charge in [0.15, 0.2) is 0 Å². The predicted molar refractivity (Wildman–Crippen MR) is 75.4 cm³/mol. The number of nitrogens with zero attached hydrogens (tertiary/aromatic N) is 3. The molecule has 0 fully saturated rings. The number of rotatable bonds is 4. The maximum absolute atomic E-state index is 11.9. The van der Waals surface area contributed by atoms with Crippen LogP contribution in [0.5, 0.6) is 5.75 Å². The standard InChI is InChI=1S/C14H14N4O3/c1-3-20-11-5-4-9(6-8(11)2)7-10-14(19)16-13-12(15-10)17-21-18-13/h4-6H,3,7H2,1-2H3,(H,16,18,19). The van der Waals surface area contributed by atoms with Crippen LogP contribution in [0, 0.1) is 6.92 Å². The smallest absolute Gasteiger partial charge is 0.271 e. The van der Waals surface area contributed by atoms with Crippen molar-refractivity contribution in [2.24, 2.45) is 0 Å². The van der Waals surface area contributed by atoms with E-state index in [0.29, 0.717) is 24.4 Å². The molecule has 0 saturated carbocycles. The van der Waals surface area contributed by atoms with Crippen LogP contribution in [0.25, 0.3) is 11.3 Å². The second-order valence-electron chi connectivity index (χ2n) is 4.66. The molecule has 108 valence electrons. The molecule has 2 aromatic heterocycles. The van der Waals surface area contributed by atoms with E-state index in [4.69, 9.17) is 4.74 Å². The number of hydrogen-bond acceptors (Lipinski definition) is 6. The summed E-state index contributed by atoms with van der Waals surface area (Å²) < 4.78 is 10.0. The minimum absolute atomic E-state index is 0.256. The number of benzene rings is 1. The number of H-pyrrole nitrogens is 1. The Morgan fingerprint density at radius 1 is 1.33 bits per heavy atom. The quantitative estimate of drug-likeness (QED) is 0.783. The van der Waals surface area contributed by atoms with E-state index >= 15 is 0 Å². The third kappa shape index (κ3) is 2.62. The van der Waals surface area contributed by atoms with Crippen molar-refractivity contribution < 1.29 is 9.37 Å². The number of aromatic nitrogens is 4. The zero-order valence-corrected chi connectivity index (χ0v) is 11.7. The molecule has 3 aromatic rings. The van der Waals surface area contributed by atoms with Crippen molar-refractivity contribution in [3.05, 3.63) is 45.4 Å². The molecule has 21 heavy (non-hydrogen) atoms. The first-order chi connectivity index (χ1) is 10.2. The summed E-state index contributed by atoms with van der Waals surface area (Å²) in [7, 11) is 0. The minimum Gasteiger partial charge on any atom is -0.494 e. The highest BCUT2D eigenvalue weighted by Gasteiger charge is 2.10. The fraction of sp³-hybridized carbons (Fsp3) is 0.286. The van der Waals surface area contributed by atoms with E-state index in [1.807, 2.05) is 32.0 Å². The Bertz CT molecular complexity index is 838. The minimum atomic E-state index is -0.287. The van der Waals surface area contributed by atoms with E-state index in [-0.39, 0.29) is 11.2 Å². The summed E-state index contributed by atoms with van der Waals surface area (Å²) in [6, 6.07) is 5.81. The Balaban J connectivity index is 1.92. The average molecular weight is 286 g/mol. The summed E-state index contributed by atoms with van der Waals surface area (Å²) in [5, 5.41) is 7.18. The highest BCUT2D eigenvalue weighted by atomic mass is 16.6. The zero-order valence-electron chi connectivity index (χ0n) is 11.7. The van der Waals surface area contributed by atoms with Gasteiger partial charge < -0.3 is 4.74 Å². The fourth-order valence-electron chi connectivity index (χ4n) is 2.15. The summed E-state index contributed by atoms with van der Waals surface area (Å²) in [4.78, 5) is 18.7. The van der Waals surface area contributed by atoms with Crippen LogP contribution in [0.2, 0.25) is 0 Å². The lowest BCUT2D eigenvalue weighted by atomic mass is 10.1. The normalized spacial score (nSPS) is 11.0. The summed E-state index contributed by atoms with van der Waals surface area (Å²) in [6.07, 6.45) is 0.408. The number of aromatic amines is 1. The molecule has 0 amide bonds. The molecule has 0 radical (unpaired) electrons. The first-order valence-corrected chi connectivity index (χ1v) is 6.61. The highest BCUT2D eigenvalue weighted by Crippen LogP contribution is 2.20. The van der Waals surface area contributed by atoms with E-state index < -0.39 is 0 Å². The van der Waals surface area contributed by atoms with Gasteiger partial charge in [0.1, 0.15) is 11.4 Å². The molecule has 2 heterocycles. The highest BCUT2D eigenvalue weighted by molar-refractivity contribution is 5.62. The van der Waals surface area contributed by atoms with Gasteiger partial charge in [-0.3, -0.25) is 9.78 Å². The van der Waals surface area contributed by atoms with E-state index in [1.165, 1.54) is 0 Å². The van der Waals surface area contributed by atoms with Crippen LogP contribution in [0.3, 0.4) is 0 Å². The van der Waals surface area contributed by atoms with Gasteiger partial charge in [0.25, 0.3) is 5.56 Å². The van der Waals surface area contributed by atoms with Crippen molar-refractivity contribution in [3.8, 4) is 5.75 Å². The van der Waals surface area contributed by atoms with E-state index in [9.17, 15) is 4.79 Å². The first kappa shape index (κ1) is 13.3. The molecule has 0 aliphatic carbocycles. The fourth-order valence-corrected chi connectivity index (χ4v) is 2.15. The lowest BCUT2D eigenvalue weighted by Crippen LogP contribution is -2.15. The molecular formula is C14H14N4O3. The number of nitrogens with one attached hydrogen (secondary N) is 1. The van der Waals surface area contributed by atoms with Crippen LogP contribution in [0.1, 0.15) is 23.7 Å². The SMILES string of the molecule is CCOc1ccc(Cc2nc3nonc3[nH]c2=O)cc1C. The van der Waals surface area contributed by atoms with Gasteiger partial charge in [-0.1, -0.05) is 12.1 Å². The largest absolute Gasteiger partial charge is 0.494 e. The third-order valence-corrected chi connectivity index (χ3v) is 3.12. The molecule has 0 bridgehead atoms. The van der Waals surface area contributed by atoms with Crippen LogP contribution in [-0.4, -0.2) is 26.9 Å². The molecule has 1 N–H and O–H groups in total. The zero-order chi connectivity index (χ0) is 14.8. The summed E-state index contributed by atoms with van der Waals surface area (Å²) in [5.41, 5.74) is 2.64. The van der Waals surface area contributed by atoms with Crippen molar-refractivity contribution in [3.63, 3.8) is 0 Å². The number of aryl methyl sites for hydroxylation is 1. The summed E-state index contributed by atoms with van der Waals surface area (Å²) in [5.74, 6) is 0.847. The third-order valence-electron chi connectivity index (χ3n) is 3.12. The van der Waals surface area contributed by atoms with Crippen LogP contribution < -0.4 is 10.3 Å². The molecule has 7 heteroatoms. The van der Waals surface area contributed by atoms with Crippen LogP contribution in [-0.2, 0) is 6.42 Å². The summed E-state index contributed by atoms with van der Waals surface area (Å²) in [6.45, 7) is 4.53. The van der Waals surface area contributed by atoms with Gasteiger partial charge in [0.2, 0.25) is 11.3 Å². The van der Waals surface area contributed by atoms with Crippen molar-refractivity contribution in [1.82, 2.24) is 20.3 Å². The van der Waals surface area contributed by atoms with Crippen molar-refractivity contribution in [2.45, 2.75) is 20.3 Å². The predicted octanol–water partition coefficient (Wildman–Crippen LogP) is 1.60. The van der Waals surface area contributed by atoms with Crippen LogP contribution in [0.4, 0.5) is 0 Å². The van der Waals surface area contributed by atoms with Crippen molar-refractivity contribution in [1.29, 1.82) is 0 Å². The van der Waals surface area contributed by atoms with Gasteiger partial charge in [-0.05, 0) is 41.4 Å². The van der Waals surface area contributed by atoms with Gasteiger partial charge in [-0.15, -0.1) is 0 Å². The second kappa shape index (κ2) is 5.35. The molecule has 0 spiro atoms. The van der Waals surface area contributed by atoms with Gasteiger partial charge in [0, 0.05) is 6.42 Å². The maximum Gasteiger partial charge on any atom is 0.271 e. The summed E-state index contributed by atoms with van der Waals surface area (Å²) >= 11 is 0. The Labute approximate surface area is 119 Å². The van der Waals surface area contributed by atoms with E-state index in [1.54, 1.807) is 0 Å². The number of ether oxygens (including phenoxy) is 1. The first-order valence-electron chi connectivity index (χ1n) is 6.61. The molecule has 7 nitrogen and oxygen atoms in total. The Hall–Kier alpha value is -2.70. The van der Waals surface area contributed by atoms with Gasteiger partial charge >= 0.3 is 0 Å². The monoisotopic (exact) mass is 286 g/mol. The molecule has 0 aliphatic heterocycles. The lowest BCUT2D eigenvalue weighted by molar-refractivity contribution is 0.314. The van der Waals surface area contributed by atoms with Crippen molar-refractivity contribution in [2.75, 3.05) is 6.61 Å². The number of hydrogen-bond donors (Lipinski definition) is 1. The molecule has 0 unspecified atom stereocenters. The molecular weight excluding hydrogens is 272 g/mol. The molecule has 1 aromatic carbocycles. The van der Waals surface area contributed by atoms with Gasteiger partial charge in [0.05, 0.1) is 6.61 Å². The second-order valence-corrected chi connectivity index (χ2v) is 4.66. The maximum atomic E-state index is 11.9. The van der Waals surface area contributed by atoms with Crippen LogP contribution in [0.15, 0.2) is 27.6 Å². The molecule has 0 aliphatic rings. The van der Waals surface area contributed by atoms with Gasteiger partial charge in [-0.25, -0.2) is 9.61 Å². The molecule has 0 saturated heterocycles. The van der Waals surface area contributed by atoms with Gasteiger partial charge in [-0.2, -0.15) is 0 Å². The Morgan fingerprint density at radius 2 is 2.19 bits per heavy atom. The van der Waals surface area contributed by atoms with E-state index in [2.05, 4.69) is 24.9 Å². The molecule has 0 atom stereocenters. The molecule has 3 rings (SSSR count). The Morgan fingerprint density at radius 3 is 2.95 bits per heavy atom. The van der Waals surface area contributed by atoms with E-state index in [0.717, 1.165) is 16.9 Å². The topological polar surface area (TPSA) is 93.9 Å². The van der Waals surface area contributed by atoms with Crippen molar-refractivity contribution >= 4 is 11.3 Å². The average Bonchev–Trinajstić information content (AvgIpc) is 2.89.